The van der Waals surface area contributed by atoms with Crippen molar-refractivity contribution in [3.05, 3.63) is 54.1 Å². The predicted molar refractivity (Wildman–Crippen MR) is 98.0 cm³/mol. The van der Waals surface area contributed by atoms with Crippen LogP contribution in [0.5, 0.6) is 0 Å². The van der Waals surface area contributed by atoms with Gasteiger partial charge in [0.1, 0.15) is 13.2 Å². The molecule has 0 radical (unpaired) electrons. The maximum Gasteiger partial charge on any atom is 0.330 e. The van der Waals surface area contributed by atoms with E-state index in [1.165, 1.54) is 37.3 Å². The van der Waals surface area contributed by atoms with Crippen molar-refractivity contribution >= 4 is 18.0 Å². The minimum absolute atomic E-state index is 0.0269. The second-order valence-electron chi connectivity index (χ2n) is 6.50. The average Bonchev–Trinajstić information content (AvgIpc) is 2.64. The lowest BCUT2D eigenvalue weighted by molar-refractivity contribution is -0.145. The Morgan fingerprint density at radius 1 is 1.04 bits per heavy atom. The van der Waals surface area contributed by atoms with E-state index in [1.807, 2.05) is 12.1 Å². The monoisotopic (exact) mass is 342 g/mol. The maximum atomic E-state index is 11.6. The van der Waals surface area contributed by atoms with Gasteiger partial charge in [-0.1, -0.05) is 50.6 Å². The van der Waals surface area contributed by atoms with Crippen molar-refractivity contribution in [1.82, 2.24) is 0 Å². The van der Waals surface area contributed by atoms with Crippen molar-refractivity contribution < 1.29 is 19.1 Å². The molecule has 0 N–H and O–H groups in total. The average molecular weight is 342 g/mol. The highest BCUT2D eigenvalue weighted by Crippen LogP contribution is 2.35. The normalized spacial score (nSPS) is 20.2. The van der Waals surface area contributed by atoms with Gasteiger partial charge in [0.15, 0.2) is 0 Å². The molecule has 0 saturated heterocycles. The first-order chi connectivity index (χ1) is 12.1. The third-order valence-corrected chi connectivity index (χ3v) is 4.57. The number of hydrogen-bond acceptors (Lipinski definition) is 4. The summed E-state index contributed by atoms with van der Waals surface area (Å²) in [5.41, 5.74) is 2.35. The lowest BCUT2D eigenvalue weighted by Gasteiger charge is -2.26. The van der Waals surface area contributed by atoms with Crippen molar-refractivity contribution in [2.45, 2.75) is 38.5 Å². The first-order valence-corrected chi connectivity index (χ1v) is 8.82. The van der Waals surface area contributed by atoms with Gasteiger partial charge in [-0.3, -0.25) is 0 Å². The molecule has 0 unspecified atom stereocenters. The summed E-state index contributed by atoms with van der Waals surface area (Å²) >= 11 is 0. The Labute approximate surface area is 149 Å². The van der Waals surface area contributed by atoms with Crippen LogP contribution in [0.3, 0.4) is 0 Å². The molecule has 0 aromatic heterocycles. The maximum absolute atomic E-state index is 11.6. The molecule has 25 heavy (non-hydrogen) atoms. The molecule has 1 fully saturated rings. The first kappa shape index (κ1) is 19.0. The van der Waals surface area contributed by atoms with Crippen LogP contribution >= 0.6 is 0 Å². The Bertz CT molecular complexity index is 607. The van der Waals surface area contributed by atoms with Gasteiger partial charge in [-0.05, 0) is 41.9 Å². The second-order valence-corrected chi connectivity index (χ2v) is 6.50. The van der Waals surface area contributed by atoms with Crippen LogP contribution in [0, 0.1) is 5.92 Å². The highest BCUT2D eigenvalue weighted by atomic mass is 16.6. The lowest BCUT2D eigenvalue weighted by atomic mass is 9.79. The number of rotatable bonds is 7. The van der Waals surface area contributed by atoms with E-state index in [0.717, 1.165) is 17.6 Å². The van der Waals surface area contributed by atoms with E-state index in [0.29, 0.717) is 5.92 Å². The fraction of sp³-hybridized carbons (Fsp3) is 0.429. The highest BCUT2D eigenvalue weighted by molar-refractivity contribution is 5.87. The lowest BCUT2D eigenvalue weighted by Crippen LogP contribution is -2.11. The molecule has 0 heterocycles. The summed E-state index contributed by atoms with van der Waals surface area (Å²) in [5, 5.41) is 0. The zero-order chi connectivity index (χ0) is 18.1. The molecular weight excluding hydrogens is 316 g/mol. The topological polar surface area (TPSA) is 52.6 Å². The van der Waals surface area contributed by atoms with E-state index in [9.17, 15) is 9.59 Å². The molecule has 0 bridgehead atoms. The quantitative estimate of drug-likeness (QED) is 0.422. The molecule has 1 saturated carbocycles. The smallest absolute Gasteiger partial charge is 0.330 e. The van der Waals surface area contributed by atoms with E-state index < -0.39 is 11.9 Å². The van der Waals surface area contributed by atoms with Crippen molar-refractivity contribution in [2.24, 2.45) is 5.92 Å². The van der Waals surface area contributed by atoms with Gasteiger partial charge in [-0.15, -0.1) is 0 Å². The molecule has 1 aromatic rings. The van der Waals surface area contributed by atoms with Crippen LogP contribution in [0.25, 0.3) is 6.08 Å². The van der Waals surface area contributed by atoms with Gasteiger partial charge in [-0.25, -0.2) is 9.59 Å². The van der Waals surface area contributed by atoms with Crippen molar-refractivity contribution in [3.8, 4) is 0 Å². The van der Waals surface area contributed by atoms with Gasteiger partial charge >= 0.3 is 11.9 Å². The van der Waals surface area contributed by atoms with E-state index in [2.05, 4.69) is 25.6 Å². The van der Waals surface area contributed by atoms with Crippen LogP contribution in [0.1, 0.15) is 49.7 Å². The molecule has 1 aliphatic carbocycles. The van der Waals surface area contributed by atoms with E-state index in [1.54, 1.807) is 6.08 Å². The van der Waals surface area contributed by atoms with Gasteiger partial charge in [0, 0.05) is 12.2 Å². The molecule has 134 valence electrons. The van der Waals surface area contributed by atoms with Crippen LogP contribution in [-0.2, 0) is 19.1 Å². The molecular formula is C21H26O4. The van der Waals surface area contributed by atoms with E-state index in [4.69, 9.17) is 9.47 Å². The Hall–Kier alpha value is -2.36. The molecule has 0 amide bonds. The Balaban J connectivity index is 1.76. The zero-order valence-electron chi connectivity index (χ0n) is 14.8. The molecule has 4 heteroatoms. The number of ether oxygens (including phenoxy) is 2. The van der Waals surface area contributed by atoms with Crippen LogP contribution in [0.2, 0.25) is 0 Å². The molecule has 1 aromatic carbocycles. The first-order valence-electron chi connectivity index (χ1n) is 8.82. The van der Waals surface area contributed by atoms with Crippen LogP contribution < -0.4 is 0 Å². The second kappa shape index (κ2) is 9.82. The van der Waals surface area contributed by atoms with Crippen molar-refractivity contribution in [2.75, 3.05) is 13.2 Å². The summed E-state index contributed by atoms with van der Waals surface area (Å²) in [5.74, 6) is 0.529. The SMILES string of the molecule is C=CC(=O)OCCOC(=O)/C=C/c1ccc(C2CCC(C)CC2)cc1. The fourth-order valence-electron chi connectivity index (χ4n) is 3.03. The predicted octanol–water partition coefficient (Wildman–Crippen LogP) is 4.27. The third-order valence-electron chi connectivity index (χ3n) is 4.57. The van der Waals surface area contributed by atoms with Gasteiger partial charge in [0.25, 0.3) is 0 Å². The summed E-state index contributed by atoms with van der Waals surface area (Å²) in [6.45, 7) is 5.67. The standard InChI is InChI=1S/C21H26O4/c1-3-20(22)24-14-15-25-21(23)13-8-17-6-11-19(12-7-17)18-9-4-16(2)5-10-18/h3,6-8,11-13,16,18H,1,4-5,9-10,14-15H2,2H3/b13-8+. The van der Waals surface area contributed by atoms with Crippen molar-refractivity contribution in [3.63, 3.8) is 0 Å². The number of carbonyl (C=O) groups excluding carboxylic acids is 2. The minimum Gasteiger partial charge on any atom is -0.459 e. The zero-order valence-corrected chi connectivity index (χ0v) is 14.8. The van der Waals surface area contributed by atoms with Crippen LogP contribution in [-0.4, -0.2) is 25.2 Å². The van der Waals surface area contributed by atoms with Gasteiger partial charge in [-0.2, -0.15) is 0 Å². The largest absolute Gasteiger partial charge is 0.459 e. The fourth-order valence-corrected chi connectivity index (χ4v) is 3.03. The molecule has 4 nitrogen and oxygen atoms in total. The van der Waals surface area contributed by atoms with Gasteiger partial charge < -0.3 is 9.47 Å². The Morgan fingerprint density at radius 2 is 1.64 bits per heavy atom. The molecule has 2 rings (SSSR count). The van der Waals surface area contributed by atoms with Crippen molar-refractivity contribution in [1.29, 1.82) is 0 Å². The summed E-state index contributed by atoms with van der Waals surface area (Å²) in [6, 6.07) is 8.37. The third kappa shape index (κ3) is 6.57. The number of hydrogen-bond donors (Lipinski definition) is 0. The van der Waals surface area contributed by atoms with E-state index in [-0.39, 0.29) is 13.2 Å². The molecule has 0 atom stereocenters. The summed E-state index contributed by atoms with van der Waals surface area (Å²) < 4.78 is 9.67. The molecule has 1 aliphatic rings. The molecule has 0 aliphatic heterocycles. The Kier molecular flexibility index (Phi) is 7.45. The number of carbonyl (C=O) groups is 2. The minimum atomic E-state index is -0.529. The summed E-state index contributed by atoms with van der Waals surface area (Å²) in [6.07, 6.45) is 9.31. The summed E-state index contributed by atoms with van der Waals surface area (Å²) in [7, 11) is 0. The van der Waals surface area contributed by atoms with E-state index >= 15 is 0 Å². The number of benzene rings is 1. The molecule has 0 spiro atoms. The van der Waals surface area contributed by atoms with Gasteiger partial charge in [0.2, 0.25) is 0 Å². The Morgan fingerprint density at radius 3 is 2.24 bits per heavy atom. The van der Waals surface area contributed by atoms with Crippen LogP contribution in [0.4, 0.5) is 0 Å². The van der Waals surface area contributed by atoms with Gasteiger partial charge in [0.05, 0.1) is 0 Å². The van der Waals surface area contributed by atoms with Crippen LogP contribution in [0.15, 0.2) is 43.0 Å². The highest BCUT2D eigenvalue weighted by Gasteiger charge is 2.19. The summed E-state index contributed by atoms with van der Waals surface area (Å²) in [4.78, 5) is 22.4. The number of esters is 2.